The predicted octanol–water partition coefficient (Wildman–Crippen LogP) is 1.20. The largest absolute Gasteiger partial charge is 0.373 e. The molecule has 6 heteroatoms. The van der Waals surface area contributed by atoms with Crippen LogP contribution in [0.15, 0.2) is 6.07 Å². The van der Waals surface area contributed by atoms with Gasteiger partial charge in [0.15, 0.2) is 0 Å². The summed E-state index contributed by atoms with van der Waals surface area (Å²) in [5.41, 5.74) is 1.90. The number of aryl methyl sites for hydroxylation is 2. The van der Waals surface area contributed by atoms with Crippen LogP contribution in [0.5, 0.6) is 0 Å². The first-order chi connectivity index (χ1) is 7.45. The predicted molar refractivity (Wildman–Crippen MR) is 59.4 cm³/mol. The van der Waals surface area contributed by atoms with Crippen molar-refractivity contribution >= 4 is 11.6 Å². The lowest BCUT2D eigenvalue weighted by atomic mass is 10.1. The zero-order valence-electron chi connectivity index (χ0n) is 9.40. The van der Waals surface area contributed by atoms with Crippen molar-refractivity contribution in [2.24, 2.45) is 0 Å². The molecule has 1 aromatic rings. The number of hydrogen-bond donors (Lipinski definition) is 1. The van der Waals surface area contributed by atoms with Crippen molar-refractivity contribution in [2.45, 2.75) is 13.8 Å². The highest BCUT2D eigenvalue weighted by molar-refractivity contribution is 6.01. The highest BCUT2D eigenvalue weighted by Gasteiger charge is 2.18. The average molecular weight is 223 g/mol. The Hall–Kier alpha value is -1.98. The maximum atomic E-state index is 11.6. The second kappa shape index (κ2) is 4.69. The first kappa shape index (κ1) is 12.1. The van der Waals surface area contributed by atoms with E-state index in [0.717, 1.165) is 11.3 Å². The Morgan fingerprint density at radius 1 is 1.56 bits per heavy atom. The molecule has 0 radical (unpaired) electrons. The van der Waals surface area contributed by atoms with Gasteiger partial charge in [0.2, 0.25) is 5.78 Å². The van der Waals surface area contributed by atoms with Gasteiger partial charge in [0.1, 0.15) is 5.82 Å². The summed E-state index contributed by atoms with van der Waals surface area (Å²) >= 11 is 0. The van der Waals surface area contributed by atoms with Crippen LogP contribution in [0, 0.1) is 24.0 Å². The molecule has 86 valence electrons. The van der Waals surface area contributed by atoms with Crippen LogP contribution in [0.3, 0.4) is 0 Å². The topological polar surface area (TPSA) is 85.1 Å². The molecule has 0 aliphatic rings. The number of aromatic nitrogens is 1. The van der Waals surface area contributed by atoms with Crippen LogP contribution in [0.4, 0.5) is 5.82 Å². The summed E-state index contributed by atoms with van der Waals surface area (Å²) in [5, 5.41) is 13.0. The molecular formula is C10H13N3O3. The summed E-state index contributed by atoms with van der Waals surface area (Å²) in [5.74, 6) is -0.153. The van der Waals surface area contributed by atoms with E-state index in [-0.39, 0.29) is 5.56 Å². The number of nitrogens with zero attached hydrogens (tertiary/aromatic N) is 2. The highest BCUT2D eigenvalue weighted by Crippen LogP contribution is 2.17. The number of rotatable bonds is 4. The Labute approximate surface area is 92.8 Å². The van der Waals surface area contributed by atoms with Crippen LogP contribution < -0.4 is 5.32 Å². The van der Waals surface area contributed by atoms with Gasteiger partial charge < -0.3 is 5.32 Å². The third-order valence-corrected chi connectivity index (χ3v) is 2.28. The smallest absolute Gasteiger partial charge is 0.265 e. The minimum Gasteiger partial charge on any atom is -0.373 e. The number of nitro groups is 1. The molecule has 0 atom stereocenters. The van der Waals surface area contributed by atoms with Gasteiger partial charge in [-0.2, -0.15) is 0 Å². The van der Waals surface area contributed by atoms with Crippen molar-refractivity contribution in [1.82, 2.24) is 4.98 Å². The van der Waals surface area contributed by atoms with Gasteiger partial charge >= 0.3 is 0 Å². The molecule has 0 bridgehead atoms. The number of Topliss-reactive ketones (excluding diaryl/α,β-unsaturated/α-hetero) is 1. The molecule has 0 aliphatic heterocycles. The molecule has 0 fully saturated rings. The Morgan fingerprint density at radius 3 is 2.69 bits per heavy atom. The molecule has 0 unspecified atom stereocenters. The van der Waals surface area contributed by atoms with E-state index in [0.29, 0.717) is 5.82 Å². The van der Waals surface area contributed by atoms with E-state index in [1.54, 1.807) is 13.1 Å². The fourth-order valence-electron chi connectivity index (χ4n) is 1.31. The van der Waals surface area contributed by atoms with E-state index >= 15 is 0 Å². The van der Waals surface area contributed by atoms with Crippen molar-refractivity contribution in [3.05, 3.63) is 33.0 Å². The second-order valence-electron chi connectivity index (χ2n) is 3.45. The van der Waals surface area contributed by atoms with Crippen molar-refractivity contribution in [2.75, 3.05) is 18.9 Å². The molecule has 0 aromatic carbocycles. The van der Waals surface area contributed by atoms with Crippen LogP contribution in [0.1, 0.15) is 21.6 Å². The lowest BCUT2D eigenvalue weighted by Gasteiger charge is -2.08. The number of hydrogen-bond acceptors (Lipinski definition) is 5. The van der Waals surface area contributed by atoms with Gasteiger partial charge in [0.25, 0.3) is 6.54 Å². The summed E-state index contributed by atoms with van der Waals surface area (Å²) in [6.45, 7) is 2.92. The first-order valence-electron chi connectivity index (χ1n) is 4.76. The summed E-state index contributed by atoms with van der Waals surface area (Å²) in [6, 6.07) is 1.62. The summed E-state index contributed by atoms with van der Waals surface area (Å²) in [7, 11) is 1.63. The van der Waals surface area contributed by atoms with Gasteiger partial charge in [-0.1, -0.05) is 0 Å². The van der Waals surface area contributed by atoms with Gasteiger partial charge in [-0.3, -0.25) is 14.9 Å². The molecule has 0 aliphatic carbocycles. The van der Waals surface area contributed by atoms with Crippen molar-refractivity contribution in [1.29, 1.82) is 0 Å². The summed E-state index contributed by atoms with van der Waals surface area (Å²) < 4.78 is 0. The van der Waals surface area contributed by atoms with Gasteiger partial charge in [0, 0.05) is 17.7 Å². The van der Waals surface area contributed by atoms with E-state index in [1.165, 1.54) is 0 Å². The van der Waals surface area contributed by atoms with Crippen molar-refractivity contribution in [3.63, 3.8) is 0 Å². The fourth-order valence-corrected chi connectivity index (χ4v) is 1.31. The molecule has 0 amide bonds. The number of pyridine rings is 1. The molecule has 1 N–H and O–H groups in total. The van der Waals surface area contributed by atoms with Crippen LogP contribution in [-0.4, -0.2) is 29.3 Å². The fraction of sp³-hybridized carbons (Fsp3) is 0.400. The van der Waals surface area contributed by atoms with E-state index in [2.05, 4.69) is 10.3 Å². The molecule has 16 heavy (non-hydrogen) atoms. The minimum atomic E-state index is -0.709. The van der Waals surface area contributed by atoms with Gasteiger partial charge in [-0.05, 0) is 25.5 Å². The standard InChI is InChI=1S/C10H13N3O3/c1-6-4-8(9(14)5-13(15)16)10(11-3)12-7(6)2/h4H,5H2,1-3H3,(H,11,12). The third-order valence-electron chi connectivity index (χ3n) is 2.28. The Morgan fingerprint density at radius 2 is 2.19 bits per heavy atom. The number of carbonyl (C=O) groups excluding carboxylic acids is 1. The zero-order valence-corrected chi connectivity index (χ0v) is 9.40. The summed E-state index contributed by atoms with van der Waals surface area (Å²) in [4.78, 5) is 25.4. The Balaban J connectivity index is 3.16. The first-order valence-corrected chi connectivity index (χ1v) is 4.76. The molecule has 1 aromatic heterocycles. The van der Waals surface area contributed by atoms with Gasteiger partial charge in [0.05, 0.1) is 5.56 Å². The Kier molecular flexibility index (Phi) is 3.55. The molecule has 1 rings (SSSR count). The van der Waals surface area contributed by atoms with Crippen molar-refractivity contribution in [3.8, 4) is 0 Å². The van der Waals surface area contributed by atoms with E-state index < -0.39 is 17.3 Å². The van der Waals surface area contributed by atoms with E-state index in [1.807, 2.05) is 13.8 Å². The van der Waals surface area contributed by atoms with E-state index in [4.69, 9.17) is 0 Å². The number of ketones is 1. The highest BCUT2D eigenvalue weighted by atomic mass is 16.6. The van der Waals surface area contributed by atoms with Crippen LogP contribution in [-0.2, 0) is 0 Å². The maximum absolute atomic E-state index is 11.6. The van der Waals surface area contributed by atoms with Crippen LogP contribution >= 0.6 is 0 Å². The van der Waals surface area contributed by atoms with Crippen molar-refractivity contribution < 1.29 is 9.72 Å². The number of anilines is 1. The second-order valence-corrected chi connectivity index (χ2v) is 3.45. The van der Waals surface area contributed by atoms with Gasteiger partial charge in [-0.15, -0.1) is 0 Å². The third kappa shape index (κ3) is 2.53. The number of carbonyl (C=O) groups is 1. The maximum Gasteiger partial charge on any atom is 0.265 e. The monoisotopic (exact) mass is 223 g/mol. The lowest BCUT2D eigenvalue weighted by Crippen LogP contribution is -2.16. The summed E-state index contributed by atoms with van der Waals surface area (Å²) in [6.07, 6.45) is 0. The molecular weight excluding hydrogens is 210 g/mol. The van der Waals surface area contributed by atoms with E-state index in [9.17, 15) is 14.9 Å². The van der Waals surface area contributed by atoms with Gasteiger partial charge in [-0.25, -0.2) is 4.98 Å². The SMILES string of the molecule is CNc1nc(C)c(C)cc1C(=O)C[N+](=O)[O-]. The minimum absolute atomic E-state index is 0.266. The number of nitrogens with one attached hydrogen (secondary N) is 1. The Bertz CT molecular complexity index is 443. The molecule has 0 saturated carbocycles. The molecule has 1 heterocycles. The lowest BCUT2D eigenvalue weighted by molar-refractivity contribution is -0.465. The molecule has 0 saturated heterocycles. The normalized spacial score (nSPS) is 9.94. The molecule has 6 nitrogen and oxygen atoms in total. The quantitative estimate of drug-likeness (QED) is 0.471. The molecule has 0 spiro atoms. The van der Waals surface area contributed by atoms with Crippen LogP contribution in [0.25, 0.3) is 0 Å². The van der Waals surface area contributed by atoms with Crippen LogP contribution in [0.2, 0.25) is 0 Å². The zero-order chi connectivity index (χ0) is 12.3. The average Bonchev–Trinajstić information content (AvgIpc) is 2.20.